The number of methoxy groups -OCH3 is 1. The van der Waals surface area contributed by atoms with Crippen LogP contribution < -0.4 is 14.8 Å². The third kappa shape index (κ3) is 3.82. The molecule has 1 heterocycles. The average Bonchev–Trinajstić information content (AvgIpc) is 2.73. The molecule has 2 aromatic rings. The van der Waals surface area contributed by atoms with E-state index in [0.29, 0.717) is 47.8 Å². The summed E-state index contributed by atoms with van der Waals surface area (Å²) in [5.74, 6) is 0.252. The maximum Gasteiger partial charge on any atom is 0.225 e. The van der Waals surface area contributed by atoms with Crippen LogP contribution in [-0.2, 0) is 9.59 Å². The molecule has 2 aromatic carbocycles. The fourth-order valence-corrected chi connectivity index (χ4v) is 4.42. The molecule has 0 bridgehead atoms. The summed E-state index contributed by atoms with van der Waals surface area (Å²) in [5.41, 5.74) is 2.87. The van der Waals surface area contributed by atoms with Crippen molar-refractivity contribution in [2.45, 2.75) is 38.0 Å². The second-order valence-electron chi connectivity index (χ2n) is 7.62. The summed E-state index contributed by atoms with van der Waals surface area (Å²) in [6.45, 7) is 2.43. The van der Waals surface area contributed by atoms with E-state index >= 15 is 0 Å². The van der Waals surface area contributed by atoms with Crippen molar-refractivity contribution in [1.29, 1.82) is 0 Å². The van der Waals surface area contributed by atoms with Gasteiger partial charge in [0.25, 0.3) is 0 Å². The number of benzene rings is 2. The zero-order valence-corrected chi connectivity index (χ0v) is 17.0. The largest absolute Gasteiger partial charge is 0.493 e. The topological polar surface area (TPSA) is 64.6 Å². The van der Waals surface area contributed by atoms with Gasteiger partial charge in [-0.1, -0.05) is 18.2 Å². The first-order valence-electron chi connectivity index (χ1n) is 10.1. The quantitative estimate of drug-likeness (QED) is 0.802. The minimum atomic E-state index is -0.409. The van der Waals surface area contributed by atoms with Gasteiger partial charge in [0.2, 0.25) is 5.91 Å². The van der Waals surface area contributed by atoms with Crippen molar-refractivity contribution in [3.8, 4) is 11.5 Å². The molecular formula is C24H24FNO4. The Morgan fingerprint density at radius 2 is 1.87 bits per heavy atom. The zero-order chi connectivity index (χ0) is 21.3. The second kappa shape index (κ2) is 8.30. The maximum absolute atomic E-state index is 13.8. The fraction of sp³-hybridized carbons (Fsp3) is 0.333. The molecule has 1 amide bonds. The first-order chi connectivity index (χ1) is 14.5. The number of amides is 1. The molecule has 2 aliphatic rings. The van der Waals surface area contributed by atoms with E-state index in [9.17, 15) is 14.0 Å². The molecule has 30 heavy (non-hydrogen) atoms. The Hall–Kier alpha value is -3.15. The first kappa shape index (κ1) is 20.1. The highest BCUT2D eigenvalue weighted by molar-refractivity contribution is 6.02. The molecule has 2 atom stereocenters. The number of halogens is 1. The number of allylic oxidation sites excluding steroid dienone is 2. The second-order valence-corrected chi connectivity index (χ2v) is 7.62. The molecule has 1 aliphatic heterocycles. The molecule has 0 fully saturated rings. The highest BCUT2D eigenvalue weighted by Gasteiger charge is 2.38. The predicted octanol–water partition coefficient (Wildman–Crippen LogP) is 4.24. The molecule has 1 aliphatic carbocycles. The number of ether oxygens (including phenoxy) is 2. The fourth-order valence-electron chi connectivity index (χ4n) is 4.42. The Balaban J connectivity index is 1.67. The SMILES string of the molecule is CCOc1ccc(C2CC(=O)C3=C(C2)NC(=O)CC3c2cccc(F)c2)cc1OC. The predicted molar refractivity (Wildman–Crippen MR) is 110 cm³/mol. The van der Waals surface area contributed by atoms with Crippen molar-refractivity contribution < 1.29 is 23.5 Å². The van der Waals surface area contributed by atoms with Crippen molar-refractivity contribution in [3.63, 3.8) is 0 Å². The summed E-state index contributed by atoms with van der Waals surface area (Å²) in [7, 11) is 1.58. The minimum Gasteiger partial charge on any atom is -0.493 e. The van der Waals surface area contributed by atoms with Crippen LogP contribution >= 0.6 is 0 Å². The Morgan fingerprint density at radius 1 is 1.03 bits per heavy atom. The van der Waals surface area contributed by atoms with E-state index in [-0.39, 0.29) is 29.8 Å². The lowest BCUT2D eigenvalue weighted by atomic mass is 9.73. The zero-order valence-electron chi connectivity index (χ0n) is 17.0. The molecule has 156 valence electrons. The lowest BCUT2D eigenvalue weighted by molar-refractivity contribution is -0.122. The van der Waals surface area contributed by atoms with Gasteiger partial charge in [0.05, 0.1) is 13.7 Å². The van der Waals surface area contributed by atoms with Gasteiger partial charge in [-0.05, 0) is 54.7 Å². The molecule has 0 radical (unpaired) electrons. The van der Waals surface area contributed by atoms with Gasteiger partial charge in [-0.3, -0.25) is 9.59 Å². The van der Waals surface area contributed by atoms with Crippen LogP contribution in [0.1, 0.15) is 49.1 Å². The van der Waals surface area contributed by atoms with Crippen LogP contribution in [0.15, 0.2) is 53.7 Å². The molecule has 0 saturated heterocycles. The summed E-state index contributed by atoms with van der Waals surface area (Å²) >= 11 is 0. The summed E-state index contributed by atoms with van der Waals surface area (Å²) < 4.78 is 24.8. The van der Waals surface area contributed by atoms with Crippen LogP contribution in [0.25, 0.3) is 0 Å². The monoisotopic (exact) mass is 409 g/mol. The molecule has 0 saturated carbocycles. The summed E-state index contributed by atoms with van der Waals surface area (Å²) in [6.07, 6.45) is 1.02. The lowest BCUT2D eigenvalue weighted by Gasteiger charge is -2.34. The number of Topliss-reactive ketones (excluding diaryl/α,β-unsaturated/α-hetero) is 1. The van der Waals surface area contributed by atoms with Crippen molar-refractivity contribution in [3.05, 3.63) is 70.7 Å². The first-order valence-corrected chi connectivity index (χ1v) is 10.1. The van der Waals surface area contributed by atoms with Gasteiger partial charge in [0, 0.05) is 30.0 Å². The molecule has 1 N–H and O–H groups in total. The third-order valence-electron chi connectivity index (χ3n) is 5.75. The van der Waals surface area contributed by atoms with Crippen LogP contribution in [0.2, 0.25) is 0 Å². The van der Waals surface area contributed by atoms with Crippen molar-refractivity contribution in [1.82, 2.24) is 5.32 Å². The molecule has 5 nitrogen and oxygen atoms in total. The van der Waals surface area contributed by atoms with Gasteiger partial charge in [0.1, 0.15) is 5.82 Å². The van der Waals surface area contributed by atoms with E-state index in [1.807, 2.05) is 25.1 Å². The smallest absolute Gasteiger partial charge is 0.225 e. The van der Waals surface area contributed by atoms with Gasteiger partial charge in [-0.25, -0.2) is 4.39 Å². The molecule has 6 heteroatoms. The molecule has 0 spiro atoms. The van der Waals surface area contributed by atoms with Gasteiger partial charge in [0.15, 0.2) is 17.3 Å². The van der Waals surface area contributed by atoms with E-state index in [4.69, 9.17) is 9.47 Å². The van der Waals surface area contributed by atoms with Crippen molar-refractivity contribution in [2.75, 3.05) is 13.7 Å². The van der Waals surface area contributed by atoms with E-state index < -0.39 is 5.92 Å². The van der Waals surface area contributed by atoms with Gasteiger partial charge < -0.3 is 14.8 Å². The Labute approximate surface area is 174 Å². The number of carbonyl (C=O) groups is 2. The number of nitrogens with one attached hydrogen (secondary N) is 1. The molecule has 2 unspecified atom stereocenters. The Kier molecular flexibility index (Phi) is 5.57. The standard InChI is InChI=1S/C24H24FNO4/c1-3-30-21-8-7-14(12-22(21)29-2)16-10-19-24(20(27)11-16)18(13-23(28)26-19)15-5-4-6-17(25)9-15/h4-9,12,16,18H,3,10-11,13H2,1-2H3,(H,26,28). The lowest BCUT2D eigenvalue weighted by Crippen LogP contribution is -2.38. The highest BCUT2D eigenvalue weighted by atomic mass is 19.1. The normalized spacial score (nSPS) is 21.2. The summed E-state index contributed by atoms with van der Waals surface area (Å²) in [4.78, 5) is 25.5. The van der Waals surface area contributed by atoms with E-state index in [2.05, 4.69) is 5.32 Å². The Bertz CT molecular complexity index is 1030. The van der Waals surface area contributed by atoms with Crippen LogP contribution in [0.4, 0.5) is 4.39 Å². The van der Waals surface area contributed by atoms with Crippen LogP contribution in [0.3, 0.4) is 0 Å². The average molecular weight is 409 g/mol. The number of carbonyl (C=O) groups excluding carboxylic acids is 2. The van der Waals surface area contributed by atoms with E-state index in [0.717, 1.165) is 5.56 Å². The summed E-state index contributed by atoms with van der Waals surface area (Å²) in [6, 6.07) is 11.8. The van der Waals surface area contributed by atoms with Crippen LogP contribution in [0, 0.1) is 5.82 Å². The van der Waals surface area contributed by atoms with E-state index in [1.165, 1.54) is 12.1 Å². The van der Waals surface area contributed by atoms with Crippen LogP contribution in [-0.4, -0.2) is 25.4 Å². The van der Waals surface area contributed by atoms with Crippen molar-refractivity contribution >= 4 is 11.7 Å². The number of ketones is 1. The van der Waals surface area contributed by atoms with Crippen LogP contribution in [0.5, 0.6) is 11.5 Å². The molecule has 4 rings (SSSR count). The minimum absolute atomic E-state index is 0.0108. The third-order valence-corrected chi connectivity index (χ3v) is 5.75. The number of hydrogen-bond acceptors (Lipinski definition) is 4. The molecular weight excluding hydrogens is 385 g/mol. The molecule has 0 aromatic heterocycles. The van der Waals surface area contributed by atoms with Gasteiger partial charge in [-0.2, -0.15) is 0 Å². The highest BCUT2D eigenvalue weighted by Crippen LogP contribution is 2.43. The summed E-state index contributed by atoms with van der Waals surface area (Å²) in [5, 5.41) is 2.89. The van der Waals surface area contributed by atoms with Crippen molar-refractivity contribution in [2.24, 2.45) is 0 Å². The Morgan fingerprint density at radius 3 is 2.60 bits per heavy atom. The maximum atomic E-state index is 13.8. The number of rotatable bonds is 5. The van der Waals surface area contributed by atoms with Gasteiger partial charge in [-0.15, -0.1) is 0 Å². The number of hydrogen-bond donors (Lipinski definition) is 1. The van der Waals surface area contributed by atoms with Gasteiger partial charge >= 0.3 is 0 Å². The van der Waals surface area contributed by atoms with E-state index in [1.54, 1.807) is 19.2 Å².